The van der Waals surface area contributed by atoms with Crippen molar-refractivity contribution < 1.29 is 4.74 Å². The molecule has 0 unspecified atom stereocenters. The summed E-state index contributed by atoms with van der Waals surface area (Å²) < 4.78 is 5.77. The monoisotopic (exact) mass is 297 g/mol. The Hall–Kier alpha value is -2.27. The van der Waals surface area contributed by atoms with Crippen molar-refractivity contribution in [3.63, 3.8) is 0 Å². The van der Waals surface area contributed by atoms with Crippen LogP contribution in [-0.2, 0) is 0 Å². The first kappa shape index (κ1) is 13.7. The Labute approximate surface area is 127 Å². The van der Waals surface area contributed by atoms with Crippen molar-refractivity contribution in [2.45, 2.75) is 13.3 Å². The molecule has 21 heavy (non-hydrogen) atoms. The topological polar surface area (TPSA) is 47.9 Å². The van der Waals surface area contributed by atoms with Gasteiger partial charge in [-0.2, -0.15) is 4.98 Å². The first-order chi connectivity index (χ1) is 10.4. The molecule has 0 fully saturated rings. The molecule has 0 amide bonds. The molecule has 0 spiro atoms. The summed E-state index contributed by atoms with van der Waals surface area (Å²) in [5.41, 5.74) is 1.64. The Bertz CT molecular complexity index is 699. The molecule has 0 aliphatic rings. The Kier molecular flexibility index (Phi) is 4.21. The maximum absolute atomic E-state index is 5.77. The van der Waals surface area contributed by atoms with Gasteiger partial charge in [-0.3, -0.25) is 0 Å². The van der Waals surface area contributed by atoms with Gasteiger partial charge in [0.25, 0.3) is 0 Å². The highest BCUT2D eigenvalue weighted by molar-refractivity contribution is 7.13. The van der Waals surface area contributed by atoms with Crippen LogP contribution in [0.5, 0.6) is 5.88 Å². The van der Waals surface area contributed by atoms with E-state index in [1.807, 2.05) is 47.8 Å². The van der Waals surface area contributed by atoms with E-state index < -0.39 is 0 Å². The summed E-state index contributed by atoms with van der Waals surface area (Å²) in [5, 5.41) is 10.6. The van der Waals surface area contributed by atoms with Gasteiger partial charge in [0.05, 0.1) is 11.5 Å². The molecule has 0 radical (unpaired) electrons. The van der Waals surface area contributed by atoms with Gasteiger partial charge in [-0.1, -0.05) is 43.3 Å². The van der Waals surface area contributed by atoms with E-state index >= 15 is 0 Å². The highest BCUT2D eigenvalue weighted by atomic mass is 32.1. The van der Waals surface area contributed by atoms with Crippen LogP contribution in [0.2, 0.25) is 0 Å². The molecular formula is C16H15N3OS. The molecule has 4 nitrogen and oxygen atoms in total. The van der Waals surface area contributed by atoms with Gasteiger partial charge in [0.2, 0.25) is 5.88 Å². The molecule has 0 saturated heterocycles. The molecule has 106 valence electrons. The Morgan fingerprint density at radius 1 is 1.05 bits per heavy atom. The van der Waals surface area contributed by atoms with Gasteiger partial charge < -0.3 is 4.74 Å². The third kappa shape index (κ3) is 3.08. The molecule has 0 N–H and O–H groups in total. The van der Waals surface area contributed by atoms with Crippen LogP contribution in [0.1, 0.15) is 13.3 Å². The highest BCUT2D eigenvalue weighted by Crippen LogP contribution is 2.29. The molecule has 2 aromatic heterocycles. The minimum absolute atomic E-state index is 0.543. The summed E-state index contributed by atoms with van der Waals surface area (Å²) >= 11 is 1.59. The number of benzene rings is 1. The fourth-order valence-electron chi connectivity index (χ4n) is 1.90. The SMILES string of the molecule is CCCOc1nc(-c2cccs2)nnc1-c1ccccc1. The molecular weight excluding hydrogens is 282 g/mol. The van der Waals surface area contributed by atoms with E-state index in [9.17, 15) is 0 Å². The zero-order valence-corrected chi connectivity index (χ0v) is 12.5. The van der Waals surface area contributed by atoms with Crippen LogP contribution >= 0.6 is 11.3 Å². The third-order valence-corrected chi connectivity index (χ3v) is 3.75. The quantitative estimate of drug-likeness (QED) is 0.712. The fraction of sp³-hybridized carbons (Fsp3) is 0.188. The first-order valence-corrected chi connectivity index (χ1v) is 7.73. The van der Waals surface area contributed by atoms with Crippen molar-refractivity contribution in [3.05, 3.63) is 47.8 Å². The maximum atomic E-state index is 5.77. The van der Waals surface area contributed by atoms with Gasteiger partial charge in [0.1, 0.15) is 0 Å². The van der Waals surface area contributed by atoms with E-state index in [4.69, 9.17) is 4.74 Å². The number of hydrogen-bond acceptors (Lipinski definition) is 5. The molecule has 0 saturated carbocycles. The van der Waals surface area contributed by atoms with Gasteiger partial charge in [-0.25, -0.2) is 0 Å². The lowest BCUT2D eigenvalue weighted by atomic mass is 10.1. The number of rotatable bonds is 5. The average molecular weight is 297 g/mol. The van der Waals surface area contributed by atoms with E-state index in [0.717, 1.165) is 16.9 Å². The normalized spacial score (nSPS) is 10.5. The summed E-state index contributed by atoms with van der Waals surface area (Å²) in [6.45, 7) is 2.68. The van der Waals surface area contributed by atoms with Crippen LogP contribution in [0.25, 0.3) is 22.0 Å². The van der Waals surface area contributed by atoms with Crippen LogP contribution < -0.4 is 4.74 Å². The number of thiophene rings is 1. The Balaban J connectivity index is 2.03. The van der Waals surface area contributed by atoms with Crippen molar-refractivity contribution >= 4 is 11.3 Å². The summed E-state index contributed by atoms with van der Waals surface area (Å²) in [7, 11) is 0. The second-order valence-corrected chi connectivity index (χ2v) is 5.43. The van der Waals surface area contributed by atoms with Crippen molar-refractivity contribution in [2.75, 3.05) is 6.61 Å². The smallest absolute Gasteiger partial charge is 0.244 e. The average Bonchev–Trinajstić information content (AvgIpc) is 3.08. The zero-order valence-electron chi connectivity index (χ0n) is 11.7. The largest absolute Gasteiger partial charge is 0.476 e. The summed E-state index contributed by atoms with van der Waals surface area (Å²) in [4.78, 5) is 5.53. The van der Waals surface area contributed by atoms with E-state index in [1.165, 1.54) is 0 Å². The van der Waals surface area contributed by atoms with Crippen LogP contribution in [0.3, 0.4) is 0 Å². The van der Waals surface area contributed by atoms with Crippen molar-refractivity contribution in [2.24, 2.45) is 0 Å². The number of aromatic nitrogens is 3. The molecule has 1 aromatic carbocycles. The summed E-state index contributed by atoms with van der Waals surface area (Å²) in [6, 6.07) is 13.8. The van der Waals surface area contributed by atoms with E-state index in [-0.39, 0.29) is 0 Å². The Morgan fingerprint density at radius 3 is 2.62 bits per heavy atom. The molecule has 3 rings (SSSR count). The van der Waals surface area contributed by atoms with Crippen LogP contribution in [0.15, 0.2) is 47.8 Å². The van der Waals surface area contributed by atoms with Crippen molar-refractivity contribution in [1.82, 2.24) is 15.2 Å². The van der Waals surface area contributed by atoms with Gasteiger partial charge in [-0.05, 0) is 17.9 Å². The maximum Gasteiger partial charge on any atom is 0.244 e. The van der Waals surface area contributed by atoms with E-state index in [1.54, 1.807) is 11.3 Å². The third-order valence-electron chi connectivity index (χ3n) is 2.89. The number of nitrogens with zero attached hydrogens (tertiary/aromatic N) is 3. The highest BCUT2D eigenvalue weighted by Gasteiger charge is 2.14. The fourth-order valence-corrected chi connectivity index (χ4v) is 2.55. The van der Waals surface area contributed by atoms with Crippen LogP contribution in [0, 0.1) is 0 Å². The predicted octanol–water partition coefficient (Wildman–Crippen LogP) is 4.06. The first-order valence-electron chi connectivity index (χ1n) is 6.85. The van der Waals surface area contributed by atoms with Crippen LogP contribution in [0.4, 0.5) is 0 Å². The van der Waals surface area contributed by atoms with Gasteiger partial charge in [-0.15, -0.1) is 21.5 Å². The van der Waals surface area contributed by atoms with Crippen LogP contribution in [-0.4, -0.2) is 21.8 Å². The lowest BCUT2D eigenvalue weighted by molar-refractivity contribution is 0.305. The van der Waals surface area contributed by atoms with Gasteiger partial charge in [0, 0.05) is 5.56 Å². The molecule has 0 aliphatic heterocycles. The lowest BCUT2D eigenvalue weighted by Gasteiger charge is -2.09. The zero-order chi connectivity index (χ0) is 14.5. The standard InChI is InChI=1S/C16H15N3OS/c1-2-10-20-16-14(12-7-4-3-5-8-12)18-19-15(17-16)13-9-6-11-21-13/h3-9,11H,2,10H2,1H3. The van der Waals surface area contributed by atoms with E-state index in [0.29, 0.717) is 24.0 Å². The summed E-state index contributed by atoms with van der Waals surface area (Å²) in [6.07, 6.45) is 0.923. The minimum atomic E-state index is 0.543. The molecule has 0 aliphatic carbocycles. The number of ether oxygens (including phenoxy) is 1. The molecule has 3 aromatic rings. The minimum Gasteiger partial charge on any atom is -0.476 e. The molecule has 0 atom stereocenters. The predicted molar refractivity (Wildman–Crippen MR) is 84.4 cm³/mol. The second-order valence-electron chi connectivity index (χ2n) is 4.48. The van der Waals surface area contributed by atoms with Gasteiger partial charge in [0.15, 0.2) is 11.5 Å². The lowest BCUT2D eigenvalue weighted by Crippen LogP contribution is -2.04. The van der Waals surface area contributed by atoms with E-state index in [2.05, 4.69) is 22.1 Å². The molecule has 5 heteroatoms. The summed E-state index contributed by atoms with van der Waals surface area (Å²) in [5.74, 6) is 1.15. The molecule has 0 bridgehead atoms. The van der Waals surface area contributed by atoms with Crippen molar-refractivity contribution in [1.29, 1.82) is 0 Å². The Morgan fingerprint density at radius 2 is 1.90 bits per heavy atom. The number of hydrogen-bond donors (Lipinski definition) is 0. The molecule has 2 heterocycles. The second kappa shape index (κ2) is 6.45. The van der Waals surface area contributed by atoms with Crippen molar-refractivity contribution in [3.8, 4) is 27.8 Å². The van der Waals surface area contributed by atoms with Gasteiger partial charge >= 0.3 is 0 Å².